The molecule has 1 aromatic heterocycles. The summed E-state index contributed by atoms with van der Waals surface area (Å²) in [5.41, 5.74) is 3.01. The number of aromatic nitrogens is 5. The van der Waals surface area contributed by atoms with Gasteiger partial charge < -0.3 is 9.88 Å². The number of nitrogens with zero attached hydrogens (tertiary/aromatic N) is 6. The van der Waals surface area contributed by atoms with Crippen LogP contribution in [0.1, 0.15) is 0 Å². The van der Waals surface area contributed by atoms with Crippen molar-refractivity contribution in [2.75, 3.05) is 11.9 Å². The number of rotatable bonds is 1. The van der Waals surface area contributed by atoms with Crippen LogP contribution < -0.4 is 10.9 Å². The van der Waals surface area contributed by atoms with E-state index < -0.39 is 0 Å². The van der Waals surface area contributed by atoms with Gasteiger partial charge in [0.15, 0.2) is 0 Å². The molecular weight excluding hydrogens is 342 g/mol. The average Bonchev–Trinajstić information content (AvgIpc) is 3.10. The lowest BCUT2D eigenvalue weighted by Crippen LogP contribution is -2.17. The van der Waals surface area contributed by atoms with Gasteiger partial charge in [-0.1, -0.05) is 11.3 Å². The molecule has 0 amide bonds. The first-order valence-corrected chi connectivity index (χ1v) is 7.59. The van der Waals surface area contributed by atoms with Crippen molar-refractivity contribution in [3.63, 3.8) is 0 Å². The van der Waals surface area contributed by atoms with E-state index in [4.69, 9.17) is 0 Å². The van der Waals surface area contributed by atoms with E-state index in [9.17, 15) is 0 Å². The van der Waals surface area contributed by atoms with Gasteiger partial charge in [0.1, 0.15) is 17.2 Å². The largest absolute Gasteiger partial charge is 0.369 e. The third kappa shape index (κ3) is 1.90. The molecule has 4 heterocycles. The second-order valence-corrected chi connectivity index (χ2v) is 5.87. The number of anilines is 1. The number of pyridine rings is 1. The standard InChI is InChI=1S/C11H8BrN7S/c12-7-3-6-4-14-10(17-11-18-15-5-20-11)16-8(6)19-2-1-13-9(7)19/h3-5,13H,1-2H2/b17-10-. The summed E-state index contributed by atoms with van der Waals surface area (Å²) < 4.78 is 3.14. The average molecular weight is 350 g/mol. The first-order valence-electron chi connectivity index (χ1n) is 5.92. The van der Waals surface area contributed by atoms with Gasteiger partial charge >= 0.3 is 0 Å². The Morgan fingerprint density at radius 1 is 1.45 bits per heavy atom. The summed E-state index contributed by atoms with van der Waals surface area (Å²) in [5, 5.41) is 11.5. The molecule has 0 spiro atoms. The van der Waals surface area contributed by atoms with Crippen LogP contribution in [-0.4, -0.2) is 31.3 Å². The fourth-order valence-electron chi connectivity index (χ4n) is 2.17. The SMILES string of the molecule is Brc1cc2cn/c(=N/c3nncs3)nc-2n2c1NCC2. The highest BCUT2D eigenvalue weighted by Gasteiger charge is 2.19. The van der Waals surface area contributed by atoms with E-state index in [0.717, 1.165) is 34.8 Å². The Bertz CT molecular complexity index is 810. The maximum Gasteiger partial charge on any atom is 0.254 e. The highest BCUT2D eigenvalue weighted by atomic mass is 79.9. The minimum absolute atomic E-state index is 0.401. The topological polar surface area (TPSA) is 80.9 Å². The molecule has 1 aromatic rings. The molecule has 0 bridgehead atoms. The van der Waals surface area contributed by atoms with Crippen LogP contribution in [0.2, 0.25) is 0 Å². The van der Waals surface area contributed by atoms with Gasteiger partial charge in [-0.05, 0) is 22.0 Å². The van der Waals surface area contributed by atoms with Gasteiger partial charge in [0.05, 0.1) is 4.47 Å². The summed E-state index contributed by atoms with van der Waals surface area (Å²) in [6.07, 6.45) is 1.78. The van der Waals surface area contributed by atoms with Crippen LogP contribution in [-0.2, 0) is 6.54 Å². The monoisotopic (exact) mass is 349 g/mol. The molecule has 3 aliphatic rings. The molecular formula is C11H8BrN7S. The minimum atomic E-state index is 0.401. The van der Waals surface area contributed by atoms with Crippen LogP contribution in [0.3, 0.4) is 0 Å². The lowest BCUT2D eigenvalue weighted by atomic mass is 10.2. The molecule has 0 atom stereocenters. The number of fused-ring (bicyclic) bond motifs is 3. The van der Waals surface area contributed by atoms with Crippen LogP contribution in [0, 0.1) is 0 Å². The van der Waals surface area contributed by atoms with Crippen LogP contribution >= 0.6 is 27.3 Å². The van der Waals surface area contributed by atoms with Gasteiger partial charge in [0.2, 0.25) is 5.13 Å². The molecule has 0 saturated carbocycles. The second-order valence-electron chi connectivity index (χ2n) is 4.20. The zero-order chi connectivity index (χ0) is 13.5. The summed E-state index contributed by atoms with van der Waals surface area (Å²) in [7, 11) is 0. The van der Waals surface area contributed by atoms with Crippen LogP contribution in [0.4, 0.5) is 10.9 Å². The molecule has 1 N–H and O–H groups in total. The highest BCUT2D eigenvalue weighted by Crippen LogP contribution is 2.33. The Morgan fingerprint density at radius 2 is 2.40 bits per heavy atom. The van der Waals surface area contributed by atoms with E-state index >= 15 is 0 Å². The fraction of sp³-hybridized carbons (Fsp3) is 0.182. The van der Waals surface area contributed by atoms with E-state index in [-0.39, 0.29) is 0 Å². The number of hydrogen-bond donors (Lipinski definition) is 1. The molecule has 0 aromatic carbocycles. The maximum atomic E-state index is 4.53. The number of nitrogens with one attached hydrogen (secondary N) is 1. The first-order chi connectivity index (χ1) is 9.81. The van der Waals surface area contributed by atoms with Crippen molar-refractivity contribution < 1.29 is 0 Å². The normalized spacial score (nSPS) is 14.6. The molecule has 0 radical (unpaired) electrons. The van der Waals surface area contributed by atoms with E-state index in [1.54, 1.807) is 11.7 Å². The number of halogens is 1. The molecule has 0 saturated heterocycles. The van der Waals surface area contributed by atoms with Crippen molar-refractivity contribution in [1.29, 1.82) is 0 Å². The van der Waals surface area contributed by atoms with Gasteiger partial charge in [0.25, 0.3) is 5.62 Å². The Morgan fingerprint density at radius 3 is 3.25 bits per heavy atom. The highest BCUT2D eigenvalue weighted by molar-refractivity contribution is 9.10. The van der Waals surface area contributed by atoms with Gasteiger partial charge in [-0.25, -0.2) is 4.98 Å². The molecule has 20 heavy (non-hydrogen) atoms. The first kappa shape index (κ1) is 11.9. The molecule has 0 aliphatic carbocycles. The summed E-state index contributed by atoms with van der Waals surface area (Å²) in [5.74, 6) is 1.91. The zero-order valence-corrected chi connectivity index (χ0v) is 12.5. The van der Waals surface area contributed by atoms with E-state index in [0.29, 0.717) is 10.7 Å². The molecule has 0 unspecified atom stereocenters. The third-order valence-electron chi connectivity index (χ3n) is 2.99. The van der Waals surface area contributed by atoms with Crippen molar-refractivity contribution in [2.24, 2.45) is 4.99 Å². The Kier molecular flexibility index (Phi) is 2.74. The molecule has 100 valence electrons. The smallest absolute Gasteiger partial charge is 0.254 e. The summed E-state index contributed by atoms with van der Waals surface area (Å²) in [4.78, 5) is 13.1. The van der Waals surface area contributed by atoms with Gasteiger partial charge in [0, 0.05) is 24.8 Å². The Hall–Kier alpha value is -1.87. The van der Waals surface area contributed by atoms with Crippen LogP contribution in [0.15, 0.2) is 27.2 Å². The van der Waals surface area contributed by atoms with Gasteiger partial charge in [-0.2, -0.15) is 9.98 Å². The zero-order valence-electron chi connectivity index (χ0n) is 10.1. The predicted octanol–water partition coefficient (Wildman–Crippen LogP) is 1.65. The maximum absolute atomic E-state index is 4.53. The number of hydrogen-bond acceptors (Lipinski definition) is 7. The molecule has 4 rings (SSSR count). The fourth-order valence-corrected chi connectivity index (χ4v) is 3.19. The molecule has 9 heteroatoms. The lowest BCUT2D eigenvalue weighted by Gasteiger charge is -2.13. The van der Waals surface area contributed by atoms with Crippen molar-refractivity contribution in [3.8, 4) is 11.4 Å². The van der Waals surface area contributed by atoms with Crippen molar-refractivity contribution >= 4 is 38.2 Å². The summed E-state index contributed by atoms with van der Waals surface area (Å²) in [6, 6.07) is 2.01. The van der Waals surface area contributed by atoms with Crippen LogP contribution in [0.5, 0.6) is 0 Å². The quantitative estimate of drug-likeness (QED) is 0.722. The third-order valence-corrected chi connectivity index (χ3v) is 4.18. The molecule has 3 aliphatic heterocycles. The van der Waals surface area contributed by atoms with Crippen LogP contribution in [0.25, 0.3) is 11.4 Å². The Balaban J connectivity index is 1.96. The van der Waals surface area contributed by atoms with Crippen molar-refractivity contribution in [2.45, 2.75) is 6.54 Å². The van der Waals surface area contributed by atoms with Crippen molar-refractivity contribution in [1.82, 2.24) is 24.7 Å². The minimum Gasteiger partial charge on any atom is -0.369 e. The predicted molar refractivity (Wildman–Crippen MR) is 78.0 cm³/mol. The van der Waals surface area contributed by atoms with E-state index in [1.165, 1.54) is 11.3 Å². The van der Waals surface area contributed by atoms with E-state index in [2.05, 4.69) is 51.0 Å². The summed E-state index contributed by atoms with van der Waals surface area (Å²) in [6.45, 7) is 1.77. The van der Waals surface area contributed by atoms with Gasteiger partial charge in [-0.15, -0.1) is 10.2 Å². The molecule has 7 nitrogen and oxygen atoms in total. The summed E-state index contributed by atoms with van der Waals surface area (Å²) >= 11 is 4.91. The van der Waals surface area contributed by atoms with E-state index in [1.807, 2.05) is 6.07 Å². The Labute approximate surface area is 125 Å². The lowest BCUT2D eigenvalue weighted by molar-refractivity contribution is 0.777. The van der Waals surface area contributed by atoms with Gasteiger partial charge in [-0.3, -0.25) is 0 Å². The van der Waals surface area contributed by atoms with Crippen molar-refractivity contribution in [3.05, 3.63) is 27.9 Å². The molecule has 0 fully saturated rings. The second kappa shape index (κ2) is 4.60.